The fraction of sp³-hybridized carbons (Fsp3) is 0.206. The van der Waals surface area contributed by atoms with E-state index in [1.807, 2.05) is 26.0 Å². The molecule has 1 amide bonds. The summed E-state index contributed by atoms with van der Waals surface area (Å²) in [5.41, 5.74) is 11.3. The number of fused-ring (bicyclic) bond motifs is 1. The van der Waals surface area contributed by atoms with Gasteiger partial charge in [0.05, 0.1) is 23.5 Å². The molecule has 3 aromatic carbocycles. The van der Waals surface area contributed by atoms with Gasteiger partial charge < -0.3 is 15.8 Å². The Kier molecular flexibility index (Phi) is 9.17. The van der Waals surface area contributed by atoms with Crippen LogP contribution in [0.15, 0.2) is 77.8 Å². The summed E-state index contributed by atoms with van der Waals surface area (Å²) in [6.07, 6.45) is -0.818. The molecule has 0 saturated carbocycles. The minimum atomic E-state index is -0.897. The van der Waals surface area contributed by atoms with E-state index in [2.05, 4.69) is 5.32 Å². The second kappa shape index (κ2) is 13.1. The molecule has 0 saturated heterocycles. The summed E-state index contributed by atoms with van der Waals surface area (Å²) in [6.45, 7) is 7.37. The van der Waals surface area contributed by atoms with Crippen LogP contribution in [0.4, 0.5) is 16.4 Å². The topological polar surface area (TPSA) is 145 Å². The Bertz CT molecular complexity index is 1830. The number of amides is 1. The molecule has 45 heavy (non-hydrogen) atoms. The first-order chi connectivity index (χ1) is 21.4. The van der Waals surface area contributed by atoms with Gasteiger partial charge in [0.15, 0.2) is 0 Å². The van der Waals surface area contributed by atoms with E-state index in [9.17, 15) is 9.59 Å². The van der Waals surface area contributed by atoms with Crippen molar-refractivity contribution in [3.8, 4) is 0 Å². The van der Waals surface area contributed by atoms with Crippen molar-refractivity contribution in [3.05, 3.63) is 111 Å². The Morgan fingerprint density at radius 3 is 2.40 bits per heavy atom. The number of nitrogens with one attached hydrogen (secondary N) is 3. The van der Waals surface area contributed by atoms with Crippen LogP contribution in [0.25, 0.3) is 0 Å². The lowest BCUT2D eigenvalue weighted by molar-refractivity contribution is -0.148. The minimum Gasteiger partial charge on any atom is -0.458 e. The highest BCUT2D eigenvalue weighted by Gasteiger charge is 2.35. The number of aryl methyl sites for hydroxylation is 1. The molecule has 5 rings (SSSR count). The Morgan fingerprint density at radius 2 is 1.76 bits per heavy atom. The van der Waals surface area contributed by atoms with Gasteiger partial charge >= 0.3 is 5.97 Å². The van der Waals surface area contributed by atoms with E-state index in [0.29, 0.717) is 33.2 Å². The van der Waals surface area contributed by atoms with E-state index in [1.165, 1.54) is 11.3 Å². The van der Waals surface area contributed by atoms with Gasteiger partial charge in [-0.3, -0.25) is 30.3 Å². The summed E-state index contributed by atoms with van der Waals surface area (Å²) < 4.78 is 5.78. The molecule has 0 aliphatic carbocycles. The SMILES string of the molecule is CC(=N)N1C(=N)C(CC(=O)OC(C)c2ccc(C(=O)Nc3ccccc3N)cc2)N=C(c2ccc(Cl)cc2)c2c1sc(C)c2C. The van der Waals surface area contributed by atoms with Gasteiger partial charge in [-0.1, -0.05) is 48.0 Å². The number of rotatable bonds is 7. The molecule has 2 heterocycles. The molecule has 0 spiro atoms. The third kappa shape index (κ3) is 6.67. The quantitative estimate of drug-likeness (QED) is 0.0713. The predicted molar refractivity (Wildman–Crippen MR) is 183 cm³/mol. The number of halogens is 1. The highest BCUT2D eigenvalue weighted by atomic mass is 35.5. The second-order valence-electron chi connectivity index (χ2n) is 10.8. The number of nitrogen functional groups attached to an aromatic ring is 1. The summed E-state index contributed by atoms with van der Waals surface area (Å²) in [6, 6.07) is 20.2. The maximum Gasteiger partial charge on any atom is 0.309 e. The summed E-state index contributed by atoms with van der Waals surface area (Å²) in [7, 11) is 0. The van der Waals surface area contributed by atoms with E-state index >= 15 is 0 Å². The number of hydrogen-bond acceptors (Lipinski definition) is 8. The number of carbonyl (C=O) groups excluding carboxylic acids is 2. The standard InChI is InChI=1S/C34H33ClN6O3S/c1-18-20(3)45-34-30(18)31(23-13-15-25(35)16-14-23)39-28(32(38)41(34)21(4)36)17-29(42)44-19(2)22-9-11-24(12-10-22)33(43)40-27-8-6-5-7-26(27)37/h5-16,19,28,36,38H,17,37H2,1-4H3,(H,40,43). The molecule has 1 aliphatic heterocycles. The zero-order valence-corrected chi connectivity index (χ0v) is 26.8. The van der Waals surface area contributed by atoms with Crippen LogP contribution in [-0.2, 0) is 9.53 Å². The molecular weight excluding hydrogens is 608 g/mol. The lowest BCUT2D eigenvalue weighted by Gasteiger charge is -2.25. The smallest absolute Gasteiger partial charge is 0.309 e. The Morgan fingerprint density at radius 1 is 1.09 bits per heavy atom. The number of carbonyl (C=O) groups is 2. The largest absolute Gasteiger partial charge is 0.458 e. The first-order valence-corrected chi connectivity index (χ1v) is 15.5. The summed E-state index contributed by atoms with van der Waals surface area (Å²) >= 11 is 7.66. The average molecular weight is 641 g/mol. The van der Waals surface area contributed by atoms with Crippen LogP contribution in [0.3, 0.4) is 0 Å². The highest BCUT2D eigenvalue weighted by Crippen LogP contribution is 2.40. The monoisotopic (exact) mass is 640 g/mol. The lowest BCUT2D eigenvalue weighted by Crippen LogP contribution is -2.41. The maximum atomic E-state index is 13.3. The van der Waals surface area contributed by atoms with E-state index in [1.54, 1.807) is 79.4 Å². The van der Waals surface area contributed by atoms with Crippen molar-refractivity contribution in [3.63, 3.8) is 0 Å². The molecule has 2 atom stereocenters. The van der Waals surface area contributed by atoms with Gasteiger partial charge in [0.2, 0.25) is 0 Å². The number of nitrogens with zero attached hydrogens (tertiary/aromatic N) is 2. The van der Waals surface area contributed by atoms with Crippen molar-refractivity contribution in [1.82, 2.24) is 0 Å². The van der Waals surface area contributed by atoms with Crippen LogP contribution in [-0.4, -0.2) is 35.3 Å². The average Bonchev–Trinajstić information content (AvgIpc) is 3.22. The molecule has 0 fully saturated rings. The summed E-state index contributed by atoms with van der Waals surface area (Å²) in [5.74, 6) is -0.678. The number of para-hydroxylation sites is 2. The molecular formula is C34H33ClN6O3S. The second-order valence-corrected chi connectivity index (χ2v) is 12.4. The lowest BCUT2D eigenvalue weighted by atomic mass is 9.99. The van der Waals surface area contributed by atoms with Crippen molar-refractivity contribution in [2.45, 2.75) is 46.3 Å². The Hall–Kier alpha value is -4.80. The van der Waals surface area contributed by atoms with Gasteiger partial charge in [-0.15, -0.1) is 11.3 Å². The van der Waals surface area contributed by atoms with E-state index < -0.39 is 18.1 Å². The predicted octanol–water partition coefficient (Wildman–Crippen LogP) is 7.55. The molecule has 4 aromatic rings. The number of thiophene rings is 1. The highest BCUT2D eigenvalue weighted by molar-refractivity contribution is 7.17. The van der Waals surface area contributed by atoms with Gasteiger partial charge in [-0.05, 0) is 75.2 Å². The Balaban J connectivity index is 1.36. The molecule has 1 aliphatic rings. The number of aliphatic imine (C=N–C) groups is 1. The molecule has 5 N–H and O–H groups in total. The molecule has 11 heteroatoms. The van der Waals surface area contributed by atoms with Crippen molar-refractivity contribution >= 4 is 68.6 Å². The number of benzene rings is 3. The zero-order valence-electron chi connectivity index (χ0n) is 25.3. The molecule has 0 radical (unpaired) electrons. The minimum absolute atomic E-state index is 0.0213. The van der Waals surface area contributed by atoms with Crippen molar-refractivity contribution in [2.75, 3.05) is 16.0 Å². The molecule has 2 unspecified atom stereocenters. The van der Waals surface area contributed by atoms with Crippen LogP contribution in [0.2, 0.25) is 5.02 Å². The third-order valence-corrected chi connectivity index (χ3v) is 9.07. The Labute approximate surface area is 270 Å². The van der Waals surface area contributed by atoms with Gasteiger partial charge in [0.25, 0.3) is 5.91 Å². The van der Waals surface area contributed by atoms with E-state index in [-0.39, 0.29) is 24.0 Å². The first-order valence-electron chi connectivity index (χ1n) is 14.3. The van der Waals surface area contributed by atoms with Crippen LogP contribution in [0, 0.1) is 24.7 Å². The number of nitrogens with two attached hydrogens (primary N) is 1. The van der Waals surface area contributed by atoms with Crippen LogP contribution < -0.4 is 16.0 Å². The van der Waals surface area contributed by atoms with Crippen LogP contribution >= 0.6 is 22.9 Å². The van der Waals surface area contributed by atoms with E-state index in [0.717, 1.165) is 26.6 Å². The first kappa shape index (κ1) is 31.6. The maximum absolute atomic E-state index is 13.3. The van der Waals surface area contributed by atoms with Crippen molar-refractivity contribution in [2.24, 2.45) is 4.99 Å². The fourth-order valence-electron chi connectivity index (χ4n) is 5.07. The van der Waals surface area contributed by atoms with Gasteiger partial charge in [0.1, 0.15) is 28.8 Å². The molecule has 1 aromatic heterocycles. The number of anilines is 3. The molecule has 0 bridgehead atoms. The normalized spacial score (nSPS) is 15.0. The van der Waals surface area contributed by atoms with Crippen molar-refractivity contribution in [1.29, 1.82) is 10.8 Å². The van der Waals surface area contributed by atoms with Gasteiger partial charge in [0, 0.05) is 26.6 Å². The number of amidine groups is 2. The molecule has 9 nitrogen and oxygen atoms in total. The van der Waals surface area contributed by atoms with Gasteiger partial charge in [-0.25, -0.2) is 0 Å². The van der Waals surface area contributed by atoms with E-state index in [4.69, 9.17) is 37.9 Å². The van der Waals surface area contributed by atoms with Crippen LogP contribution in [0.1, 0.15) is 63.9 Å². The fourth-order valence-corrected chi connectivity index (χ4v) is 6.42. The zero-order chi connectivity index (χ0) is 32.4. The number of esters is 1. The van der Waals surface area contributed by atoms with Crippen LogP contribution in [0.5, 0.6) is 0 Å². The van der Waals surface area contributed by atoms with Crippen molar-refractivity contribution < 1.29 is 14.3 Å². The van der Waals surface area contributed by atoms with Gasteiger partial charge in [-0.2, -0.15) is 0 Å². The molecule has 230 valence electrons. The third-order valence-electron chi connectivity index (χ3n) is 7.62. The number of ether oxygens (including phenoxy) is 1. The summed E-state index contributed by atoms with van der Waals surface area (Å²) in [4.78, 5) is 33.6. The summed E-state index contributed by atoms with van der Waals surface area (Å²) in [5, 5.41) is 21.7. The number of hydrogen-bond donors (Lipinski definition) is 4.